The lowest BCUT2D eigenvalue weighted by atomic mass is 10.2. The van der Waals surface area contributed by atoms with Crippen LogP contribution in [0.2, 0.25) is 5.02 Å². The summed E-state index contributed by atoms with van der Waals surface area (Å²) in [5.41, 5.74) is 0.872. The summed E-state index contributed by atoms with van der Waals surface area (Å²) in [6.45, 7) is 2.07. The molecule has 1 heterocycles. The van der Waals surface area contributed by atoms with Crippen LogP contribution < -0.4 is 19.5 Å². The molecular weight excluding hydrogens is 394 g/mol. The maximum Gasteiger partial charge on any atom is 0.266 e. The molecule has 0 fully saturated rings. The van der Waals surface area contributed by atoms with Crippen molar-refractivity contribution in [3.05, 3.63) is 65.3 Å². The summed E-state index contributed by atoms with van der Waals surface area (Å²) < 4.78 is 18.1. The predicted octanol–water partition coefficient (Wildman–Crippen LogP) is 4.01. The van der Waals surface area contributed by atoms with Gasteiger partial charge in [0.25, 0.3) is 5.91 Å². The Morgan fingerprint density at radius 1 is 1.14 bits per heavy atom. The maximum atomic E-state index is 12.6. The smallest absolute Gasteiger partial charge is 0.266 e. The Morgan fingerprint density at radius 3 is 2.59 bits per heavy atom. The SMILES string of the molecule is COc1cccc(Cn2nccc2NC(=O)[C@@H](C)Oc2ccc(Cl)cc2)c1OC. The minimum absolute atomic E-state index is 0.292. The van der Waals surface area contributed by atoms with Gasteiger partial charge in [0.2, 0.25) is 0 Å². The lowest BCUT2D eigenvalue weighted by Gasteiger charge is -2.16. The van der Waals surface area contributed by atoms with Gasteiger partial charge in [0.05, 0.1) is 27.0 Å². The number of anilines is 1. The van der Waals surface area contributed by atoms with Gasteiger partial charge in [0.15, 0.2) is 17.6 Å². The van der Waals surface area contributed by atoms with Gasteiger partial charge in [-0.1, -0.05) is 23.7 Å². The summed E-state index contributed by atoms with van der Waals surface area (Å²) in [5, 5.41) is 7.75. The van der Waals surface area contributed by atoms with Gasteiger partial charge in [0, 0.05) is 16.7 Å². The van der Waals surface area contributed by atoms with Crippen LogP contribution in [0, 0.1) is 0 Å². The second-order valence-electron chi connectivity index (χ2n) is 6.23. The molecule has 0 aliphatic carbocycles. The summed E-state index contributed by atoms with van der Waals surface area (Å²) >= 11 is 5.87. The average molecular weight is 416 g/mol. The zero-order chi connectivity index (χ0) is 20.8. The zero-order valence-electron chi connectivity index (χ0n) is 16.4. The van der Waals surface area contributed by atoms with E-state index in [1.165, 1.54) is 0 Å². The maximum absolute atomic E-state index is 12.6. The summed E-state index contributed by atoms with van der Waals surface area (Å²) in [6, 6.07) is 14.2. The molecule has 152 valence electrons. The van der Waals surface area contributed by atoms with Gasteiger partial charge in [-0.05, 0) is 37.3 Å². The molecular formula is C21H22ClN3O4. The van der Waals surface area contributed by atoms with Crippen LogP contribution in [0.25, 0.3) is 0 Å². The van der Waals surface area contributed by atoms with E-state index in [2.05, 4.69) is 10.4 Å². The van der Waals surface area contributed by atoms with Crippen LogP contribution in [-0.4, -0.2) is 36.0 Å². The molecule has 0 aliphatic rings. The molecule has 1 N–H and O–H groups in total. The third kappa shape index (κ3) is 5.00. The summed E-state index contributed by atoms with van der Waals surface area (Å²) in [7, 11) is 3.17. The van der Waals surface area contributed by atoms with Gasteiger partial charge in [-0.25, -0.2) is 4.68 Å². The zero-order valence-corrected chi connectivity index (χ0v) is 17.1. The Labute approximate surface area is 174 Å². The number of methoxy groups -OCH3 is 2. The van der Waals surface area contributed by atoms with Gasteiger partial charge in [-0.2, -0.15) is 5.10 Å². The minimum atomic E-state index is -0.703. The van der Waals surface area contributed by atoms with Crippen molar-refractivity contribution in [2.75, 3.05) is 19.5 Å². The molecule has 3 aromatic rings. The Hall–Kier alpha value is -3.19. The van der Waals surface area contributed by atoms with Crippen LogP contribution in [0.5, 0.6) is 17.2 Å². The van der Waals surface area contributed by atoms with Crippen molar-refractivity contribution < 1.29 is 19.0 Å². The summed E-state index contributed by atoms with van der Waals surface area (Å²) in [4.78, 5) is 12.6. The molecule has 1 amide bonds. The molecule has 1 atom stereocenters. The molecule has 7 nitrogen and oxygen atoms in total. The first-order valence-electron chi connectivity index (χ1n) is 8.96. The lowest BCUT2D eigenvalue weighted by Crippen LogP contribution is -2.31. The van der Waals surface area contributed by atoms with Gasteiger partial charge >= 0.3 is 0 Å². The Morgan fingerprint density at radius 2 is 1.90 bits per heavy atom. The molecule has 2 aromatic carbocycles. The number of hydrogen-bond acceptors (Lipinski definition) is 5. The van der Waals surface area contributed by atoms with Crippen molar-refractivity contribution >= 4 is 23.3 Å². The predicted molar refractivity (Wildman–Crippen MR) is 111 cm³/mol. The first-order valence-corrected chi connectivity index (χ1v) is 9.34. The fourth-order valence-corrected chi connectivity index (χ4v) is 2.93. The molecule has 3 rings (SSSR count). The molecule has 0 radical (unpaired) electrons. The van der Waals surface area contributed by atoms with Crippen molar-refractivity contribution in [1.29, 1.82) is 0 Å². The third-order valence-corrected chi connectivity index (χ3v) is 4.52. The second-order valence-corrected chi connectivity index (χ2v) is 6.67. The van der Waals surface area contributed by atoms with Gasteiger partial charge in [-0.3, -0.25) is 4.79 Å². The van der Waals surface area contributed by atoms with Crippen molar-refractivity contribution in [1.82, 2.24) is 9.78 Å². The molecule has 0 saturated carbocycles. The van der Waals surface area contributed by atoms with E-state index >= 15 is 0 Å². The number of nitrogens with zero attached hydrogens (tertiary/aromatic N) is 2. The third-order valence-electron chi connectivity index (χ3n) is 4.27. The second kappa shape index (κ2) is 9.34. The molecule has 0 saturated heterocycles. The number of halogens is 1. The highest BCUT2D eigenvalue weighted by atomic mass is 35.5. The van der Waals surface area contributed by atoms with E-state index in [4.69, 9.17) is 25.8 Å². The monoisotopic (exact) mass is 415 g/mol. The number of hydrogen-bond donors (Lipinski definition) is 1. The molecule has 0 spiro atoms. The number of carbonyl (C=O) groups excluding carboxylic acids is 1. The largest absolute Gasteiger partial charge is 0.493 e. The summed E-state index contributed by atoms with van der Waals surface area (Å²) in [5.74, 6) is 2.08. The lowest BCUT2D eigenvalue weighted by molar-refractivity contribution is -0.122. The highest BCUT2D eigenvalue weighted by Crippen LogP contribution is 2.31. The number of amides is 1. The molecule has 0 aliphatic heterocycles. The van der Waals surface area contributed by atoms with Crippen molar-refractivity contribution in [3.8, 4) is 17.2 Å². The number of nitrogens with one attached hydrogen (secondary N) is 1. The first kappa shape index (κ1) is 20.5. The molecule has 29 heavy (non-hydrogen) atoms. The number of carbonyl (C=O) groups is 1. The van der Waals surface area contributed by atoms with E-state index in [1.54, 1.807) is 62.4 Å². The van der Waals surface area contributed by atoms with E-state index in [0.29, 0.717) is 34.6 Å². The number of rotatable bonds is 8. The van der Waals surface area contributed by atoms with E-state index in [-0.39, 0.29) is 5.91 Å². The van der Waals surface area contributed by atoms with Crippen LogP contribution in [0.15, 0.2) is 54.7 Å². The Balaban J connectivity index is 1.70. The van der Waals surface area contributed by atoms with Crippen LogP contribution >= 0.6 is 11.6 Å². The molecule has 0 unspecified atom stereocenters. The number of ether oxygens (including phenoxy) is 3. The average Bonchev–Trinajstić information content (AvgIpc) is 3.15. The fourth-order valence-electron chi connectivity index (χ4n) is 2.80. The highest BCUT2D eigenvalue weighted by Gasteiger charge is 2.18. The Bertz CT molecular complexity index is 972. The van der Waals surface area contributed by atoms with Crippen LogP contribution in [0.4, 0.5) is 5.82 Å². The number of benzene rings is 2. The van der Waals surface area contributed by atoms with Gasteiger partial charge in [0.1, 0.15) is 11.6 Å². The quantitative estimate of drug-likeness (QED) is 0.601. The normalized spacial score (nSPS) is 11.6. The van der Waals surface area contributed by atoms with Crippen molar-refractivity contribution in [3.63, 3.8) is 0 Å². The molecule has 8 heteroatoms. The van der Waals surface area contributed by atoms with Gasteiger partial charge in [-0.15, -0.1) is 0 Å². The standard InChI is InChI=1S/C21H22ClN3O4/c1-14(29-17-9-7-16(22)8-10-17)21(26)24-19-11-12-23-25(19)13-15-5-4-6-18(27-2)20(15)28-3/h4-12,14H,13H2,1-3H3,(H,24,26)/t14-/m1/s1. The highest BCUT2D eigenvalue weighted by molar-refractivity contribution is 6.30. The topological polar surface area (TPSA) is 74.6 Å². The van der Waals surface area contributed by atoms with E-state index in [1.807, 2.05) is 18.2 Å². The first-order chi connectivity index (χ1) is 14.0. The number of aromatic nitrogens is 2. The molecule has 1 aromatic heterocycles. The number of para-hydroxylation sites is 1. The van der Waals surface area contributed by atoms with Gasteiger partial charge < -0.3 is 19.5 Å². The Kier molecular flexibility index (Phi) is 6.61. The fraction of sp³-hybridized carbons (Fsp3) is 0.238. The van der Waals surface area contributed by atoms with E-state index in [0.717, 1.165) is 5.56 Å². The van der Waals surface area contributed by atoms with E-state index < -0.39 is 6.10 Å². The minimum Gasteiger partial charge on any atom is -0.493 e. The van der Waals surface area contributed by atoms with Crippen LogP contribution in [0.1, 0.15) is 12.5 Å². The van der Waals surface area contributed by atoms with Crippen molar-refractivity contribution in [2.45, 2.75) is 19.6 Å². The molecule has 0 bridgehead atoms. The van der Waals surface area contributed by atoms with E-state index in [9.17, 15) is 4.79 Å². The van der Waals surface area contributed by atoms with Crippen molar-refractivity contribution in [2.24, 2.45) is 0 Å². The van der Waals surface area contributed by atoms with Crippen LogP contribution in [0.3, 0.4) is 0 Å². The summed E-state index contributed by atoms with van der Waals surface area (Å²) in [6.07, 6.45) is 0.915. The van der Waals surface area contributed by atoms with Crippen LogP contribution in [-0.2, 0) is 11.3 Å².